The van der Waals surface area contributed by atoms with Gasteiger partial charge in [-0.1, -0.05) is 30.3 Å². The molecule has 0 unspecified atom stereocenters. The average Bonchev–Trinajstić information content (AvgIpc) is 2.99. The number of halogens is 4. The number of nitrogens with one attached hydrogen (secondary N) is 2. The summed E-state index contributed by atoms with van der Waals surface area (Å²) in [7, 11) is -0.0987. The van der Waals surface area contributed by atoms with E-state index in [1.165, 1.54) is 6.20 Å². The third-order valence-electron chi connectivity index (χ3n) is 7.25. The summed E-state index contributed by atoms with van der Waals surface area (Å²) in [6.45, 7) is 0. The van der Waals surface area contributed by atoms with Gasteiger partial charge in [0.25, 0.3) is 0 Å². The highest BCUT2D eigenvalue weighted by Crippen LogP contribution is 2.36. The van der Waals surface area contributed by atoms with Gasteiger partial charge in [0.2, 0.25) is 27.7 Å². The van der Waals surface area contributed by atoms with Crippen molar-refractivity contribution in [3.63, 3.8) is 0 Å². The number of hydrogen-bond acceptors (Lipinski definition) is 8. The van der Waals surface area contributed by atoms with E-state index >= 15 is 4.39 Å². The van der Waals surface area contributed by atoms with E-state index < -0.39 is 44.7 Å². The molecule has 234 valence electrons. The average molecular weight is 649 g/mol. The Morgan fingerprint density at radius 3 is 2.36 bits per heavy atom. The maximum absolute atomic E-state index is 15.1. The molecule has 0 aliphatic heterocycles. The Morgan fingerprint density at radius 1 is 0.932 bits per heavy atom. The Morgan fingerprint density at radius 2 is 1.66 bits per heavy atom. The number of rotatable bonds is 10. The molecule has 0 atom stereocenters. The summed E-state index contributed by atoms with van der Waals surface area (Å²) in [6, 6.07) is 14.2. The normalized spacial score (nSPS) is 16.7. The Hall–Kier alpha value is -3.94. The molecule has 2 heterocycles. The first-order valence-corrected chi connectivity index (χ1v) is 15.4. The second kappa shape index (κ2) is 14.2. The van der Waals surface area contributed by atoms with Crippen molar-refractivity contribution in [3.05, 3.63) is 90.0 Å². The van der Waals surface area contributed by atoms with Gasteiger partial charge in [-0.15, -0.1) is 12.4 Å². The van der Waals surface area contributed by atoms with Gasteiger partial charge in [0.15, 0.2) is 17.4 Å². The Balaban J connectivity index is 0.00000442. The quantitative estimate of drug-likeness (QED) is 0.190. The second-order valence-corrected chi connectivity index (χ2v) is 12.3. The molecule has 1 aliphatic carbocycles. The van der Waals surface area contributed by atoms with Crippen LogP contribution in [-0.4, -0.2) is 54.4 Å². The summed E-state index contributed by atoms with van der Waals surface area (Å²) < 4.78 is 77.4. The van der Waals surface area contributed by atoms with Gasteiger partial charge >= 0.3 is 0 Å². The van der Waals surface area contributed by atoms with Crippen molar-refractivity contribution in [2.45, 2.75) is 43.5 Å². The van der Waals surface area contributed by atoms with E-state index in [1.807, 2.05) is 0 Å². The van der Waals surface area contributed by atoms with E-state index in [2.05, 4.69) is 39.3 Å². The molecule has 0 saturated heterocycles. The van der Waals surface area contributed by atoms with Crippen LogP contribution in [0.3, 0.4) is 0 Å². The lowest BCUT2D eigenvalue weighted by Crippen LogP contribution is -2.36. The molecule has 1 aliphatic rings. The Kier molecular flexibility index (Phi) is 10.7. The molecule has 2 aromatic heterocycles. The highest BCUT2D eigenvalue weighted by molar-refractivity contribution is 7.91. The minimum Gasteiger partial charge on any atom is -0.435 e. The van der Waals surface area contributed by atoms with Crippen LogP contribution in [0.15, 0.2) is 67.0 Å². The van der Waals surface area contributed by atoms with Crippen LogP contribution in [0.2, 0.25) is 0 Å². The summed E-state index contributed by atoms with van der Waals surface area (Å²) in [4.78, 5) is 15.2. The SMILES string of the molecule is CN(C)[C@H]1CC[C@H](Nc2nccc(-c3cccnc3Oc3cc(F)c(NS(=O)(=O)Cc4ccccc4)c(F)c3F)n2)CC1.Cl. The van der Waals surface area contributed by atoms with Gasteiger partial charge in [-0.2, -0.15) is 4.39 Å². The van der Waals surface area contributed by atoms with Gasteiger partial charge in [0, 0.05) is 30.5 Å². The largest absolute Gasteiger partial charge is 0.435 e. The molecule has 1 saturated carbocycles. The van der Waals surface area contributed by atoms with E-state index in [-0.39, 0.29) is 24.3 Å². The topological polar surface area (TPSA) is 109 Å². The predicted molar refractivity (Wildman–Crippen MR) is 165 cm³/mol. The molecule has 0 radical (unpaired) electrons. The fraction of sp³-hybridized carbons (Fsp3) is 0.300. The van der Waals surface area contributed by atoms with Gasteiger partial charge in [-0.05, 0) is 63.5 Å². The summed E-state index contributed by atoms with van der Waals surface area (Å²) in [5.74, 6) is -5.83. The predicted octanol–water partition coefficient (Wildman–Crippen LogP) is 6.40. The lowest BCUT2D eigenvalue weighted by molar-refractivity contribution is 0.221. The third kappa shape index (κ3) is 7.96. The molecule has 0 bridgehead atoms. The van der Waals surface area contributed by atoms with Crippen molar-refractivity contribution in [2.24, 2.45) is 0 Å². The standard InChI is InChI=1S/C30H31F3N6O3S.ClH/c1-39(2)21-12-10-20(11-13-21)36-30-35-16-14-24(37-30)22-9-6-15-34-29(22)42-25-17-23(31)28(27(33)26(25)32)38-43(40,41)18-19-7-4-3-5-8-19;/h3-9,14-17,20-21,38H,10-13,18H2,1-2H3,(H,35,36,37);1H/t20-,21-;. The van der Waals surface area contributed by atoms with Crippen molar-refractivity contribution in [2.75, 3.05) is 24.1 Å². The first-order valence-electron chi connectivity index (χ1n) is 13.7. The van der Waals surface area contributed by atoms with E-state index in [0.29, 0.717) is 34.9 Å². The third-order valence-corrected chi connectivity index (χ3v) is 8.48. The molecule has 4 aromatic rings. The maximum atomic E-state index is 15.1. The van der Waals surface area contributed by atoms with E-state index in [0.717, 1.165) is 25.7 Å². The number of sulfonamides is 1. The molecule has 5 rings (SSSR count). The van der Waals surface area contributed by atoms with Gasteiger partial charge in [0.1, 0.15) is 5.69 Å². The van der Waals surface area contributed by atoms with Crippen LogP contribution in [0, 0.1) is 17.5 Å². The van der Waals surface area contributed by atoms with Crippen LogP contribution < -0.4 is 14.8 Å². The van der Waals surface area contributed by atoms with E-state index in [4.69, 9.17) is 4.74 Å². The summed E-state index contributed by atoms with van der Waals surface area (Å²) in [5, 5.41) is 3.37. The lowest BCUT2D eigenvalue weighted by Gasteiger charge is -2.32. The summed E-state index contributed by atoms with van der Waals surface area (Å²) in [6.07, 6.45) is 6.97. The summed E-state index contributed by atoms with van der Waals surface area (Å²) >= 11 is 0. The molecular weight excluding hydrogens is 617 g/mol. The maximum Gasteiger partial charge on any atom is 0.237 e. The Bertz CT molecular complexity index is 1690. The van der Waals surface area contributed by atoms with E-state index in [9.17, 15) is 17.2 Å². The molecule has 0 amide bonds. The second-order valence-electron chi connectivity index (χ2n) is 10.5. The number of anilines is 2. The first-order chi connectivity index (χ1) is 20.6. The number of ether oxygens (including phenoxy) is 1. The molecule has 44 heavy (non-hydrogen) atoms. The van der Waals surface area contributed by atoms with Crippen LogP contribution in [0.5, 0.6) is 11.6 Å². The number of aromatic nitrogens is 3. The zero-order valence-corrected chi connectivity index (χ0v) is 25.6. The molecule has 2 N–H and O–H groups in total. The van der Waals surface area contributed by atoms with Gasteiger partial charge in [-0.3, -0.25) is 4.72 Å². The van der Waals surface area contributed by atoms with Crippen LogP contribution >= 0.6 is 12.4 Å². The molecule has 9 nitrogen and oxygen atoms in total. The first kappa shape index (κ1) is 33.0. The number of benzene rings is 2. The van der Waals surface area contributed by atoms with Gasteiger partial charge in [-0.25, -0.2) is 32.2 Å². The zero-order valence-electron chi connectivity index (χ0n) is 24.0. The summed E-state index contributed by atoms with van der Waals surface area (Å²) in [5.41, 5.74) is -0.0294. The fourth-order valence-electron chi connectivity index (χ4n) is 5.00. The smallest absolute Gasteiger partial charge is 0.237 e. The van der Waals surface area contributed by atoms with Crippen molar-refractivity contribution in [1.29, 1.82) is 0 Å². The highest BCUT2D eigenvalue weighted by Gasteiger charge is 2.26. The highest BCUT2D eigenvalue weighted by atomic mass is 35.5. The van der Waals surface area contributed by atoms with Crippen molar-refractivity contribution >= 4 is 34.1 Å². The molecule has 2 aromatic carbocycles. The minimum atomic E-state index is -4.26. The van der Waals surface area contributed by atoms with Crippen LogP contribution in [0.4, 0.5) is 24.8 Å². The van der Waals surface area contributed by atoms with Crippen LogP contribution in [0.25, 0.3) is 11.3 Å². The number of pyridine rings is 1. The molecule has 0 spiro atoms. The van der Waals surface area contributed by atoms with Crippen LogP contribution in [0.1, 0.15) is 31.2 Å². The number of hydrogen-bond donors (Lipinski definition) is 2. The Labute approximate surface area is 260 Å². The number of nitrogens with zero attached hydrogens (tertiary/aromatic N) is 4. The minimum absolute atomic E-state index is 0. The van der Waals surface area contributed by atoms with Crippen molar-refractivity contribution in [1.82, 2.24) is 19.9 Å². The van der Waals surface area contributed by atoms with Gasteiger partial charge in [0.05, 0.1) is 17.0 Å². The zero-order chi connectivity index (χ0) is 30.6. The monoisotopic (exact) mass is 648 g/mol. The molecule has 14 heteroatoms. The van der Waals surface area contributed by atoms with Crippen molar-refractivity contribution < 1.29 is 26.3 Å². The fourth-order valence-corrected chi connectivity index (χ4v) is 6.20. The van der Waals surface area contributed by atoms with E-state index in [1.54, 1.807) is 59.4 Å². The van der Waals surface area contributed by atoms with Crippen molar-refractivity contribution in [3.8, 4) is 22.9 Å². The lowest BCUT2D eigenvalue weighted by atomic mass is 9.91. The molecule has 1 fully saturated rings. The molecular formula is C30H32ClF3N6O3S. The van der Waals surface area contributed by atoms with Gasteiger partial charge < -0.3 is 15.0 Å². The van der Waals surface area contributed by atoms with Crippen LogP contribution in [-0.2, 0) is 15.8 Å².